The lowest BCUT2D eigenvalue weighted by Gasteiger charge is -2.19. The Morgan fingerprint density at radius 2 is 2.00 bits per heavy atom. The Kier molecular flexibility index (Phi) is 3.87. The Labute approximate surface area is 106 Å². The molecule has 0 radical (unpaired) electrons. The predicted octanol–water partition coefficient (Wildman–Crippen LogP) is 3.21. The van der Waals surface area contributed by atoms with Gasteiger partial charge in [0.25, 0.3) is 0 Å². The summed E-state index contributed by atoms with van der Waals surface area (Å²) in [5.74, 6) is -0.437. The van der Waals surface area contributed by atoms with Crippen molar-refractivity contribution in [2.75, 3.05) is 11.9 Å². The van der Waals surface area contributed by atoms with Gasteiger partial charge < -0.3 is 4.90 Å². The normalized spacial score (nSPS) is 10.9. The zero-order valence-electron chi connectivity index (χ0n) is 9.47. The summed E-state index contributed by atoms with van der Waals surface area (Å²) in [6.45, 7) is 1.22. The zero-order valence-corrected chi connectivity index (χ0v) is 10.2. The van der Waals surface area contributed by atoms with Crippen LogP contribution in [0.2, 0.25) is 5.02 Å². The van der Waals surface area contributed by atoms with Gasteiger partial charge in [0.15, 0.2) is 0 Å². The molecular weight excluding hydrogens is 269 g/mol. The van der Waals surface area contributed by atoms with Crippen molar-refractivity contribution in [2.24, 2.45) is 0 Å². The van der Waals surface area contributed by atoms with Gasteiger partial charge in [0, 0.05) is 14.0 Å². The Morgan fingerprint density at radius 1 is 1.44 bits per heavy atom. The molecule has 3 nitrogen and oxygen atoms in total. The highest BCUT2D eigenvalue weighted by atomic mass is 35.5. The number of alkyl halides is 3. The summed E-state index contributed by atoms with van der Waals surface area (Å²) in [7, 11) is 1.33. The Hall–Kier alpha value is -1.74. The van der Waals surface area contributed by atoms with Crippen LogP contribution in [0.5, 0.6) is 0 Å². The van der Waals surface area contributed by atoms with Gasteiger partial charge in [-0.1, -0.05) is 11.6 Å². The van der Waals surface area contributed by atoms with Gasteiger partial charge in [-0.05, 0) is 12.1 Å². The molecule has 1 amide bonds. The lowest BCUT2D eigenvalue weighted by Crippen LogP contribution is -2.24. The molecule has 0 unspecified atom stereocenters. The van der Waals surface area contributed by atoms with E-state index in [4.69, 9.17) is 16.9 Å². The average molecular weight is 277 g/mol. The van der Waals surface area contributed by atoms with Gasteiger partial charge in [-0.2, -0.15) is 18.4 Å². The van der Waals surface area contributed by atoms with Crippen molar-refractivity contribution in [2.45, 2.75) is 13.1 Å². The van der Waals surface area contributed by atoms with Gasteiger partial charge in [-0.3, -0.25) is 4.79 Å². The standard InChI is InChI=1S/C11H8ClF3N2O/c1-6(18)17(2)10-7(5-16)3-8(4-9(10)12)11(13,14)15/h3-4H,1-2H3. The van der Waals surface area contributed by atoms with Crippen LogP contribution in [0.3, 0.4) is 0 Å². The lowest BCUT2D eigenvalue weighted by molar-refractivity contribution is -0.137. The number of halogens is 4. The number of nitrogens with zero attached hydrogens (tertiary/aromatic N) is 2. The molecule has 0 aromatic heterocycles. The van der Waals surface area contributed by atoms with Gasteiger partial charge in [-0.15, -0.1) is 0 Å². The number of amides is 1. The summed E-state index contributed by atoms with van der Waals surface area (Å²) in [5.41, 5.74) is -1.35. The number of carbonyl (C=O) groups excluding carboxylic acids is 1. The van der Waals surface area contributed by atoms with Crippen molar-refractivity contribution < 1.29 is 18.0 Å². The molecule has 0 bridgehead atoms. The first kappa shape index (κ1) is 14.3. The number of benzene rings is 1. The molecular formula is C11H8ClF3N2O. The molecule has 0 atom stereocenters. The first-order valence-corrected chi connectivity index (χ1v) is 5.11. The van der Waals surface area contributed by atoms with Gasteiger partial charge in [0.2, 0.25) is 5.91 Å². The minimum Gasteiger partial charge on any atom is -0.313 e. The Bertz CT molecular complexity index is 534. The SMILES string of the molecule is CC(=O)N(C)c1c(Cl)cc(C(F)(F)F)cc1C#N. The highest BCUT2D eigenvalue weighted by Crippen LogP contribution is 2.37. The molecule has 0 N–H and O–H groups in total. The van der Waals surface area contributed by atoms with Crippen LogP contribution in [0, 0.1) is 11.3 Å². The lowest BCUT2D eigenvalue weighted by atomic mass is 10.1. The molecule has 0 aliphatic rings. The van der Waals surface area contributed by atoms with Crippen molar-refractivity contribution in [3.05, 3.63) is 28.3 Å². The van der Waals surface area contributed by atoms with Crippen LogP contribution in [0.25, 0.3) is 0 Å². The van der Waals surface area contributed by atoms with E-state index >= 15 is 0 Å². The van der Waals surface area contributed by atoms with Crippen molar-refractivity contribution in [1.29, 1.82) is 5.26 Å². The summed E-state index contributed by atoms with van der Waals surface area (Å²) in [4.78, 5) is 12.2. The van der Waals surface area contributed by atoms with E-state index in [0.29, 0.717) is 12.1 Å². The molecule has 7 heteroatoms. The van der Waals surface area contributed by atoms with Gasteiger partial charge in [-0.25, -0.2) is 0 Å². The third-order valence-corrected chi connectivity index (χ3v) is 2.61. The van der Waals surface area contributed by atoms with Crippen molar-refractivity contribution in [1.82, 2.24) is 0 Å². The van der Waals surface area contributed by atoms with Crippen molar-refractivity contribution >= 4 is 23.2 Å². The molecule has 0 saturated carbocycles. The van der Waals surface area contributed by atoms with Crippen LogP contribution in [0.15, 0.2) is 12.1 Å². The molecule has 1 rings (SSSR count). The summed E-state index contributed by atoms with van der Waals surface area (Å²) < 4.78 is 37.6. The fourth-order valence-electron chi connectivity index (χ4n) is 1.35. The highest BCUT2D eigenvalue weighted by Gasteiger charge is 2.32. The van der Waals surface area contributed by atoms with E-state index in [9.17, 15) is 18.0 Å². The third-order valence-electron chi connectivity index (χ3n) is 2.32. The number of nitriles is 1. The number of hydrogen-bond donors (Lipinski definition) is 0. The molecule has 0 aliphatic heterocycles. The van der Waals surface area contributed by atoms with Crippen LogP contribution in [-0.2, 0) is 11.0 Å². The average Bonchev–Trinajstić information content (AvgIpc) is 2.25. The van der Waals surface area contributed by atoms with E-state index in [1.54, 1.807) is 6.07 Å². The number of rotatable bonds is 1. The van der Waals surface area contributed by atoms with Crippen LogP contribution < -0.4 is 4.90 Å². The maximum Gasteiger partial charge on any atom is 0.416 e. The molecule has 96 valence electrons. The minimum absolute atomic E-state index is 0.0281. The Balaban J connectivity index is 3.49. The summed E-state index contributed by atoms with van der Waals surface area (Å²) in [6, 6.07) is 2.97. The van der Waals surface area contributed by atoms with Crippen LogP contribution in [0.4, 0.5) is 18.9 Å². The van der Waals surface area contributed by atoms with E-state index in [0.717, 1.165) is 4.90 Å². The maximum absolute atomic E-state index is 12.5. The molecule has 0 aliphatic carbocycles. The predicted molar refractivity (Wildman–Crippen MR) is 60.3 cm³/mol. The smallest absolute Gasteiger partial charge is 0.313 e. The summed E-state index contributed by atoms with van der Waals surface area (Å²) in [5, 5.41) is 8.56. The van der Waals surface area contributed by atoms with Crippen molar-refractivity contribution in [3.63, 3.8) is 0 Å². The van der Waals surface area contributed by atoms with Gasteiger partial charge >= 0.3 is 6.18 Å². The second-order valence-corrected chi connectivity index (χ2v) is 3.95. The third kappa shape index (κ3) is 2.74. The van der Waals surface area contributed by atoms with Crippen LogP contribution in [-0.4, -0.2) is 13.0 Å². The van der Waals surface area contributed by atoms with E-state index < -0.39 is 17.6 Å². The number of anilines is 1. The monoisotopic (exact) mass is 276 g/mol. The zero-order chi connectivity index (χ0) is 14.1. The van der Waals surface area contributed by atoms with Gasteiger partial charge in [0.1, 0.15) is 6.07 Å². The molecule has 0 heterocycles. The second kappa shape index (κ2) is 4.86. The summed E-state index contributed by atoms with van der Waals surface area (Å²) in [6.07, 6.45) is -4.59. The topological polar surface area (TPSA) is 44.1 Å². The molecule has 1 aromatic rings. The fourth-order valence-corrected chi connectivity index (χ4v) is 1.69. The number of hydrogen-bond acceptors (Lipinski definition) is 2. The highest BCUT2D eigenvalue weighted by molar-refractivity contribution is 6.34. The molecule has 0 fully saturated rings. The van der Waals surface area contributed by atoms with E-state index in [-0.39, 0.29) is 16.3 Å². The molecule has 0 spiro atoms. The van der Waals surface area contributed by atoms with Crippen molar-refractivity contribution in [3.8, 4) is 6.07 Å². The van der Waals surface area contributed by atoms with Crippen LogP contribution >= 0.6 is 11.6 Å². The number of carbonyl (C=O) groups is 1. The van der Waals surface area contributed by atoms with E-state index in [1.807, 2.05) is 0 Å². The Morgan fingerprint density at radius 3 is 2.39 bits per heavy atom. The van der Waals surface area contributed by atoms with Gasteiger partial charge in [0.05, 0.1) is 21.8 Å². The quantitative estimate of drug-likeness (QED) is 0.790. The van der Waals surface area contributed by atoms with E-state index in [2.05, 4.69) is 0 Å². The molecule has 1 aromatic carbocycles. The van der Waals surface area contributed by atoms with Crippen LogP contribution in [0.1, 0.15) is 18.1 Å². The second-order valence-electron chi connectivity index (χ2n) is 3.54. The fraction of sp³-hybridized carbons (Fsp3) is 0.273. The molecule has 18 heavy (non-hydrogen) atoms. The first-order valence-electron chi connectivity index (χ1n) is 4.73. The largest absolute Gasteiger partial charge is 0.416 e. The summed E-state index contributed by atoms with van der Waals surface area (Å²) >= 11 is 5.71. The first-order chi connectivity index (χ1) is 8.18. The minimum atomic E-state index is -4.59. The van der Waals surface area contributed by atoms with E-state index in [1.165, 1.54) is 14.0 Å². The molecule has 0 saturated heterocycles. The maximum atomic E-state index is 12.5.